The molecule has 0 aliphatic carbocycles. The summed E-state index contributed by atoms with van der Waals surface area (Å²) in [4.78, 5) is 2.13. The molecule has 0 amide bonds. The summed E-state index contributed by atoms with van der Waals surface area (Å²) in [5.74, 6) is 0.914. The van der Waals surface area contributed by atoms with Gasteiger partial charge in [-0.25, -0.2) is 0 Å². The summed E-state index contributed by atoms with van der Waals surface area (Å²) < 4.78 is 8.28. The van der Waals surface area contributed by atoms with Crippen molar-refractivity contribution < 1.29 is 21.7 Å². The van der Waals surface area contributed by atoms with E-state index in [4.69, 9.17) is 4.74 Å². The molecule has 0 aliphatic heterocycles. The van der Waals surface area contributed by atoms with Gasteiger partial charge in [0.05, 0.1) is 10.8 Å². The molecule has 3 aromatic carbocycles. The lowest BCUT2D eigenvalue weighted by molar-refractivity contribution is -0.617. The molecule has 0 spiro atoms. The second-order valence-corrected chi connectivity index (χ2v) is 7.15. The molecule has 1 aromatic heterocycles. The van der Waals surface area contributed by atoms with Crippen LogP contribution in [0.5, 0.6) is 5.75 Å². The molecule has 152 valence electrons. The minimum absolute atomic E-state index is 0. The Balaban J connectivity index is 0.00000150. The smallest absolute Gasteiger partial charge is 0.213 e. The first-order chi connectivity index (χ1) is 13.1. The first-order valence-corrected chi connectivity index (χ1v) is 9.32. The van der Waals surface area contributed by atoms with Crippen molar-refractivity contribution in [1.82, 2.24) is 4.90 Å². The number of pyridine rings is 1. The zero-order chi connectivity index (χ0) is 18.8. The third-order valence-corrected chi connectivity index (χ3v) is 5.00. The van der Waals surface area contributed by atoms with Crippen LogP contribution in [0.1, 0.15) is 0 Å². The topological polar surface area (TPSA) is 16.4 Å². The number of nitrogens with zero attached hydrogens (tertiary/aromatic N) is 2. The van der Waals surface area contributed by atoms with Gasteiger partial charge in [0.2, 0.25) is 11.0 Å². The van der Waals surface area contributed by atoms with E-state index < -0.39 is 0 Å². The second-order valence-electron chi connectivity index (χ2n) is 7.15. The molecule has 0 radical (unpaired) electrons. The minimum Gasteiger partial charge on any atom is -1.00 e. The highest BCUT2D eigenvalue weighted by molar-refractivity contribution is 6.07. The standard InChI is InChI=1S/C24H25N2O.2ClH/c1-25(2)15-16-27-19-13-14-23-21(17-19)24(18-9-5-4-6-10-18)20-11-7-8-12-22(20)26(23)3;;/h4-14,17H,15-16H2,1-3H3;2*1H/q+1;;/p-1. The van der Waals surface area contributed by atoms with E-state index in [1.807, 2.05) is 0 Å². The van der Waals surface area contributed by atoms with Crippen molar-refractivity contribution in [3.63, 3.8) is 0 Å². The van der Waals surface area contributed by atoms with Crippen LogP contribution in [0.3, 0.4) is 0 Å². The number of fused-ring (bicyclic) bond motifs is 2. The Morgan fingerprint density at radius 1 is 0.828 bits per heavy atom. The van der Waals surface area contributed by atoms with Crippen LogP contribution >= 0.6 is 12.4 Å². The Labute approximate surface area is 184 Å². The van der Waals surface area contributed by atoms with Gasteiger partial charge in [-0.05, 0) is 37.9 Å². The molecule has 29 heavy (non-hydrogen) atoms. The summed E-state index contributed by atoms with van der Waals surface area (Å²) in [6, 6.07) is 25.6. The van der Waals surface area contributed by atoms with Crippen LogP contribution in [0.15, 0.2) is 72.8 Å². The largest absolute Gasteiger partial charge is 1.00 e. The molecule has 0 atom stereocenters. The van der Waals surface area contributed by atoms with E-state index in [0.717, 1.165) is 12.3 Å². The van der Waals surface area contributed by atoms with Crippen molar-refractivity contribution in [2.75, 3.05) is 27.2 Å². The van der Waals surface area contributed by atoms with Gasteiger partial charge in [0.25, 0.3) is 0 Å². The third-order valence-electron chi connectivity index (χ3n) is 5.00. The van der Waals surface area contributed by atoms with Crippen LogP contribution < -0.4 is 21.7 Å². The van der Waals surface area contributed by atoms with Crippen molar-refractivity contribution in [2.45, 2.75) is 0 Å². The molecule has 0 saturated heterocycles. The third kappa shape index (κ3) is 4.64. The predicted octanol–water partition coefficient (Wildman–Crippen LogP) is 1.85. The molecule has 4 aromatic rings. The molecule has 5 heteroatoms. The van der Waals surface area contributed by atoms with Crippen molar-refractivity contribution in [3.8, 4) is 16.9 Å². The Kier molecular flexibility index (Phi) is 7.86. The van der Waals surface area contributed by atoms with Gasteiger partial charge in [-0.2, -0.15) is 4.57 Å². The predicted molar refractivity (Wildman–Crippen MR) is 119 cm³/mol. The fourth-order valence-corrected chi connectivity index (χ4v) is 3.61. The Hall–Kier alpha value is -2.33. The van der Waals surface area contributed by atoms with Crippen LogP contribution in [-0.4, -0.2) is 32.1 Å². The highest BCUT2D eigenvalue weighted by Gasteiger charge is 2.19. The van der Waals surface area contributed by atoms with E-state index in [1.54, 1.807) is 0 Å². The quantitative estimate of drug-likeness (QED) is 0.356. The highest BCUT2D eigenvalue weighted by Crippen LogP contribution is 2.35. The second kappa shape index (κ2) is 9.93. The maximum absolute atomic E-state index is 6.02. The monoisotopic (exact) mass is 428 g/mol. The molecule has 0 saturated carbocycles. The molecule has 0 aliphatic rings. The lowest BCUT2D eigenvalue weighted by Crippen LogP contribution is -3.00. The minimum atomic E-state index is 0. The van der Waals surface area contributed by atoms with Gasteiger partial charge in [-0.3, -0.25) is 0 Å². The lowest BCUT2D eigenvalue weighted by atomic mass is 9.95. The van der Waals surface area contributed by atoms with Gasteiger partial charge in [0.1, 0.15) is 19.4 Å². The van der Waals surface area contributed by atoms with Crippen molar-refractivity contribution >= 4 is 34.2 Å². The zero-order valence-electron chi connectivity index (χ0n) is 16.9. The number of aromatic nitrogens is 1. The molecular weight excluding hydrogens is 403 g/mol. The van der Waals surface area contributed by atoms with Crippen LogP contribution in [0.4, 0.5) is 0 Å². The molecule has 0 fully saturated rings. The maximum Gasteiger partial charge on any atom is 0.213 e. The van der Waals surface area contributed by atoms with E-state index in [0.29, 0.717) is 6.61 Å². The molecule has 4 rings (SSSR count). The summed E-state index contributed by atoms with van der Waals surface area (Å²) in [5, 5.41) is 2.47. The van der Waals surface area contributed by atoms with E-state index in [1.165, 1.54) is 32.9 Å². The van der Waals surface area contributed by atoms with Gasteiger partial charge in [0.15, 0.2) is 0 Å². The van der Waals surface area contributed by atoms with Gasteiger partial charge in [-0.15, -0.1) is 12.4 Å². The van der Waals surface area contributed by atoms with Gasteiger partial charge < -0.3 is 22.0 Å². The first-order valence-electron chi connectivity index (χ1n) is 9.32. The Morgan fingerprint density at radius 2 is 1.48 bits per heavy atom. The SMILES string of the molecule is CN(C)CCOc1ccc2c(c1)c(-c1ccccc1)c1ccccc1[n+]2C.Cl.[Cl-]. The number of ether oxygens (including phenoxy) is 1. The lowest BCUT2D eigenvalue weighted by Gasteiger charge is -2.13. The Bertz CT molecular complexity index is 1100. The van der Waals surface area contributed by atoms with E-state index in [-0.39, 0.29) is 24.8 Å². The van der Waals surface area contributed by atoms with Crippen molar-refractivity contribution in [1.29, 1.82) is 0 Å². The molecule has 0 N–H and O–H groups in total. The summed E-state index contributed by atoms with van der Waals surface area (Å²) in [6.07, 6.45) is 0. The maximum atomic E-state index is 6.02. The number of halogens is 2. The van der Waals surface area contributed by atoms with E-state index >= 15 is 0 Å². The number of benzene rings is 3. The van der Waals surface area contributed by atoms with E-state index in [9.17, 15) is 0 Å². The fourth-order valence-electron chi connectivity index (χ4n) is 3.61. The van der Waals surface area contributed by atoms with Crippen LogP contribution in [0, 0.1) is 0 Å². The fraction of sp³-hybridized carbons (Fsp3) is 0.208. The first kappa shape index (κ1) is 23.0. The summed E-state index contributed by atoms with van der Waals surface area (Å²) >= 11 is 0. The molecular formula is C24H26Cl2N2O. The average Bonchev–Trinajstić information content (AvgIpc) is 2.69. The summed E-state index contributed by atoms with van der Waals surface area (Å²) in [7, 11) is 6.25. The number of hydrogen-bond acceptors (Lipinski definition) is 2. The van der Waals surface area contributed by atoms with Gasteiger partial charge in [0, 0.05) is 24.2 Å². The number of hydrogen-bond donors (Lipinski definition) is 0. The van der Waals surface area contributed by atoms with Crippen LogP contribution in [0.2, 0.25) is 0 Å². The zero-order valence-corrected chi connectivity index (χ0v) is 18.5. The highest BCUT2D eigenvalue weighted by atomic mass is 35.5. The molecule has 3 nitrogen and oxygen atoms in total. The van der Waals surface area contributed by atoms with Crippen LogP contribution in [0.25, 0.3) is 32.9 Å². The normalized spacial score (nSPS) is 10.6. The summed E-state index contributed by atoms with van der Waals surface area (Å²) in [6.45, 7) is 1.58. The molecule has 0 unspecified atom stereocenters. The number of aryl methyl sites for hydroxylation is 1. The summed E-state index contributed by atoms with van der Waals surface area (Å²) in [5.41, 5.74) is 4.92. The van der Waals surface area contributed by atoms with Crippen molar-refractivity contribution in [3.05, 3.63) is 72.8 Å². The Morgan fingerprint density at radius 3 is 2.21 bits per heavy atom. The average molecular weight is 429 g/mol. The van der Waals surface area contributed by atoms with Gasteiger partial charge >= 0.3 is 0 Å². The van der Waals surface area contributed by atoms with E-state index in [2.05, 4.69) is 103 Å². The van der Waals surface area contributed by atoms with Crippen LogP contribution in [-0.2, 0) is 7.05 Å². The van der Waals surface area contributed by atoms with Gasteiger partial charge in [-0.1, -0.05) is 42.5 Å². The molecule has 1 heterocycles. The number of para-hydroxylation sites is 1. The van der Waals surface area contributed by atoms with Crippen molar-refractivity contribution in [2.24, 2.45) is 7.05 Å². The number of likely N-dealkylation sites (N-methyl/N-ethyl adjacent to an activating group) is 1. The molecule has 0 bridgehead atoms. The number of rotatable bonds is 5.